The molecule has 2 aromatic heterocycles. The molecule has 3 rings (SSSR count). The zero-order valence-electron chi connectivity index (χ0n) is 11.5. The smallest absolute Gasteiger partial charge is 0.197 e. The van der Waals surface area contributed by atoms with Crippen molar-refractivity contribution in [2.75, 3.05) is 0 Å². The van der Waals surface area contributed by atoms with E-state index < -0.39 is 0 Å². The first-order valence-electron chi connectivity index (χ1n) is 6.27. The number of hydrogen-bond acceptors (Lipinski definition) is 5. The summed E-state index contributed by atoms with van der Waals surface area (Å²) in [5, 5.41) is 10.1. The van der Waals surface area contributed by atoms with E-state index in [1.807, 2.05) is 48.9 Å². The van der Waals surface area contributed by atoms with Gasteiger partial charge in [-0.25, -0.2) is 9.97 Å². The lowest BCUT2D eigenvalue weighted by atomic mass is 10.2. The molecule has 21 heavy (non-hydrogen) atoms. The number of rotatable bonds is 3. The number of aryl methyl sites for hydroxylation is 1. The Morgan fingerprint density at radius 3 is 2.52 bits per heavy atom. The van der Waals surface area contributed by atoms with Crippen molar-refractivity contribution >= 4 is 23.4 Å². The number of nitrogens with zero attached hydrogens (tertiary/aromatic N) is 5. The third-order valence-corrected chi connectivity index (χ3v) is 4.10. The van der Waals surface area contributed by atoms with Crippen molar-refractivity contribution in [3.8, 4) is 11.4 Å². The van der Waals surface area contributed by atoms with Gasteiger partial charge in [-0.1, -0.05) is 41.9 Å². The summed E-state index contributed by atoms with van der Waals surface area (Å²) in [5.41, 5.74) is 0.927. The first-order valence-corrected chi connectivity index (χ1v) is 7.47. The van der Waals surface area contributed by atoms with Crippen LogP contribution in [0.15, 0.2) is 46.6 Å². The minimum atomic E-state index is 0.408. The molecule has 0 fully saturated rings. The minimum Gasteiger partial charge on any atom is -0.309 e. The van der Waals surface area contributed by atoms with Crippen LogP contribution >= 0.6 is 23.4 Å². The Hall–Kier alpha value is -1.92. The van der Waals surface area contributed by atoms with Gasteiger partial charge in [0.25, 0.3) is 0 Å². The van der Waals surface area contributed by atoms with Crippen LogP contribution in [0.4, 0.5) is 0 Å². The molecule has 0 aliphatic carbocycles. The molecule has 3 aromatic rings. The molecule has 0 spiro atoms. The summed E-state index contributed by atoms with van der Waals surface area (Å²) in [5.74, 6) is 1.45. The van der Waals surface area contributed by atoms with Gasteiger partial charge in [-0.05, 0) is 18.7 Å². The summed E-state index contributed by atoms with van der Waals surface area (Å²) < 4.78 is 1.91. The topological polar surface area (TPSA) is 56.5 Å². The van der Waals surface area contributed by atoms with Crippen molar-refractivity contribution in [1.29, 1.82) is 0 Å². The lowest BCUT2D eigenvalue weighted by Crippen LogP contribution is -1.95. The Bertz CT molecular complexity index is 772. The van der Waals surface area contributed by atoms with Gasteiger partial charge in [0.1, 0.15) is 16.0 Å². The zero-order chi connectivity index (χ0) is 14.8. The Morgan fingerprint density at radius 2 is 1.86 bits per heavy atom. The second kappa shape index (κ2) is 5.83. The van der Waals surface area contributed by atoms with E-state index in [2.05, 4.69) is 20.2 Å². The van der Waals surface area contributed by atoms with Gasteiger partial charge in [0.2, 0.25) is 0 Å². The molecular formula is C14H12ClN5S. The molecule has 0 saturated carbocycles. The molecule has 0 N–H and O–H groups in total. The summed E-state index contributed by atoms with van der Waals surface area (Å²) in [6.07, 6.45) is 0. The lowest BCUT2D eigenvalue weighted by Gasteiger charge is -2.05. The maximum atomic E-state index is 6.10. The van der Waals surface area contributed by atoms with E-state index >= 15 is 0 Å². The van der Waals surface area contributed by atoms with Crippen LogP contribution in [0.3, 0.4) is 0 Å². The highest BCUT2D eigenvalue weighted by Crippen LogP contribution is 2.28. The average Bonchev–Trinajstić information content (AvgIpc) is 2.80. The van der Waals surface area contributed by atoms with Crippen molar-refractivity contribution in [3.05, 3.63) is 47.4 Å². The predicted octanol–water partition coefficient (Wildman–Crippen LogP) is 3.39. The summed E-state index contributed by atoms with van der Waals surface area (Å²) >= 11 is 7.52. The number of hydrogen-bond donors (Lipinski definition) is 0. The van der Waals surface area contributed by atoms with E-state index in [9.17, 15) is 0 Å². The Balaban J connectivity index is 1.97. The highest BCUT2D eigenvalue weighted by molar-refractivity contribution is 7.99. The number of halogens is 1. The fourth-order valence-electron chi connectivity index (χ4n) is 1.74. The van der Waals surface area contributed by atoms with Crippen LogP contribution in [0.2, 0.25) is 5.15 Å². The molecule has 0 atom stereocenters. The molecular weight excluding hydrogens is 306 g/mol. The summed E-state index contributed by atoms with van der Waals surface area (Å²) in [6.45, 7) is 1.90. The third-order valence-electron chi connectivity index (χ3n) is 2.95. The molecule has 0 aliphatic heterocycles. The monoisotopic (exact) mass is 317 g/mol. The second-order valence-electron chi connectivity index (χ2n) is 4.41. The van der Waals surface area contributed by atoms with E-state index in [0.29, 0.717) is 11.0 Å². The predicted molar refractivity (Wildman–Crippen MR) is 82.3 cm³/mol. The van der Waals surface area contributed by atoms with Crippen molar-refractivity contribution in [1.82, 2.24) is 24.7 Å². The van der Waals surface area contributed by atoms with Crippen molar-refractivity contribution < 1.29 is 0 Å². The van der Waals surface area contributed by atoms with Crippen LogP contribution in [-0.2, 0) is 7.05 Å². The summed E-state index contributed by atoms with van der Waals surface area (Å²) in [4.78, 5) is 8.81. The van der Waals surface area contributed by atoms with Gasteiger partial charge in [-0.2, -0.15) is 0 Å². The van der Waals surface area contributed by atoms with E-state index in [1.165, 1.54) is 11.8 Å². The van der Waals surface area contributed by atoms with Gasteiger partial charge < -0.3 is 4.57 Å². The molecule has 1 aromatic carbocycles. The van der Waals surface area contributed by atoms with Crippen LogP contribution in [0.25, 0.3) is 11.4 Å². The van der Waals surface area contributed by atoms with Gasteiger partial charge in [0.15, 0.2) is 11.0 Å². The normalized spacial score (nSPS) is 10.8. The average molecular weight is 318 g/mol. The maximum Gasteiger partial charge on any atom is 0.197 e. The maximum absolute atomic E-state index is 6.10. The Kier molecular flexibility index (Phi) is 3.90. The fourth-order valence-corrected chi connectivity index (χ4v) is 2.82. The quantitative estimate of drug-likeness (QED) is 0.693. The number of benzene rings is 1. The third kappa shape index (κ3) is 3.06. The SMILES string of the molecule is Cc1nnc(Sc2cc(Cl)nc(-c3ccccc3)n2)n1C. The zero-order valence-corrected chi connectivity index (χ0v) is 13.1. The van der Waals surface area contributed by atoms with Crippen LogP contribution in [0.1, 0.15) is 5.82 Å². The first-order chi connectivity index (χ1) is 10.1. The van der Waals surface area contributed by atoms with Gasteiger partial charge in [-0.3, -0.25) is 0 Å². The van der Waals surface area contributed by atoms with E-state index in [4.69, 9.17) is 11.6 Å². The molecule has 0 amide bonds. The highest BCUT2D eigenvalue weighted by atomic mass is 35.5. The molecule has 0 unspecified atom stereocenters. The summed E-state index contributed by atoms with van der Waals surface area (Å²) in [6, 6.07) is 11.5. The lowest BCUT2D eigenvalue weighted by molar-refractivity contribution is 0.764. The first kappa shape index (κ1) is 14.0. The molecule has 0 saturated heterocycles. The van der Waals surface area contributed by atoms with E-state index in [-0.39, 0.29) is 0 Å². The van der Waals surface area contributed by atoms with Gasteiger partial charge in [0.05, 0.1) is 0 Å². The van der Waals surface area contributed by atoms with Crippen LogP contribution in [-0.4, -0.2) is 24.7 Å². The van der Waals surface area contributed by atoms with Gasteiger partial charge >= 0.3 is 0 Å². The second-order valence-corrected chi connectivity index (χ2v) is 5.78. The van der Waals surface area contributed by atoms with Crippen LogP contribution in [0, 0.1) is 6.92 Å². The molecule has 2 heterocycles. The van der Waals surface area contributed by atoms with Crippen LogP contribution in [0.5, 0.6) is 0 Å². The molecule has 7 heteroatoms. The Morgan fingerprint density at radius 1 is 1.10 bits per heavy atom. The van der Waals surface area contributed by atoms with Crippen LogP contribution < -0.4 is 0 Å². The molecule has 106 valence electrons. The Labute approximate surface area is 131 Å². The number of aromatic nitrogens is 5. The molecule has 0 bridgehead atoms. The summed E-state index contributed by atoms with van der Waals surface area (Å²) in [7, 11) is 1.92. The fraction of sp³-hybridized carbons (Fsp3) is 0.143. The van der Waals surface area contributed by atoms with E-state index in [0.717, 1.165) is 21.6 Å². The molecule has 5 nitrogen and oxygen atoms in total. The molecule has 0 radical (unpaired) electrons. The largest absolute Gasteiger partial charge is 0.309 e. The van der Waals surface area contributed by atoms with Crippen molar-refractivity contribution in [3.63, 3.8) is 0 Å². The van der Waals surface area contributed by atoms with E-state index in [1.54, 1.807) is 6.07 Å². The van der Waals surface area contributed by atoms with Crippen molar-refractivity contribution in [2.24, 2.45) is 7.05 Å². The molecule has 0 aliphatic rings. The minimum absolute atomic E-state index is 0.408. The van der Waals surface area contributed by atoms with Gasteiger partial charge in [-0.15, -0.1) is 10.2 Å². The highest BCUT2D eigenvalue weighted by Gasteiger charge is 2.11. The van der Waals surface area contributed by atoms with Crippen molar-refractivity contribution in [2.45, 2.75) is 17.1 Å². The standard InChI is InChI=1S/C14H12ClN5S/c1-9-18-19-14(20(9)2)21-12-8-11(15)16-13(17-12)10-6-4-3-5-7-10/h3-8H,1-2H3. The van der Waals surface area contributed by atoms with Gasteiger partial charge in [0, 0.05) is 18.7 Å².